The topological polar surface area (TPSA) is 74.2 Å². The minimum Gasteiger partial charge on any atom is -0.481 e. The Balaban J connectivity index is 1.79. The second-order valence-corrected chi connectivity index (χ2v) is 5.13. The lowest BCUT2D eigenvalue weighted by atomic mass is 9.78. The van der Waals surface area contributed by atoms with Crippen molar-refractivity contribution in [1.82, 2.24) is 0 Å². The predicted molar refractivity (Wildman–Crippen MR) is 58.9 cm³/mol. The molecule has 102 valence electrons. The number of rotatable bonds is 2. The summed E-state index contributed by atoms with van der Waals surface area (Å²) in [5.41, 5.74) is 0. The van der Waals surface area contributed by atoms with E-state index in [4.69, 9.17) is 24.1 Å². The zero-order valence-corrected chi connectivity index (χ0v) is 10.2. The van der Waals surface area contributed by atoms with Gasteiger partial charge in [0, 0.05) is 12.3 Å². The zero-order valence-electron chi connectivity index (χ0n) is 10.2. The average molecular weight is 258 g/mol. The van der Waals surface area contributed by atoms with Crippen molar-refractivity contribution in [3.05, 3.63) is 0 Å². The highest BCUT2D eigenvalue weighted by Crippen LogP contribution is 2.49. The molecule has 0 aromatic carbocycles. The van der Waals surface area contributed by atoms with Gasteiger partial charge in [0.05, 0.1) is 39.3 Å². The van der Waals surface area contributed by atoms with E-state index in [1.54, 1.807) is 0 Å². The van der Waals surface area contributed by atoms with E-state index < -0.39 is 17.5 Å². The lowest BCUT2D eigenvalue weighted by Crippen LogP contribution is -2.53. The van der Waals surface area contributed by atoms with Crippen LogP contribution in [0.1, 0.15) is 25.7 Å². The summed E-state index contributed by atoms with van der Waals surface area (Å²) < 4.78 is 22.9. The maximum atomic E-state index is 10.9. The summed E-state index contributed by atoms with van der Waals surface area (Å²) in [5, 5.41) is 8.99. The fraction of sp³-hybridized carbons (Fsp3) is 0.917. The van der Waals surface area contributed by atoms with Gasteiger partial charge in [0.15, 0.2) is 11.6 Å². The van der Waals surface area contributed by atoms with Crippen LogP contribution in [-0.4, -0.2) is 49.1 Å². The van der Waals surface area contributed by atoms with Gasteiger partial charge in [0.1, 0.15) is 0 Å². The van der Waals surface area contributed by atoms with Gasteiger partial charge in [-0.15, -0.1) is 0 Å². The molecular weight excluding hydrogens is 240 g/mol. The molecule has 0 bridgehead atoms. The van der Waals surface area contributed by atoms with Crippen LogP contribution in [-0.2, 0) is 23.7 Å². The smallest absolute Gasteiger partial charge is 0.303 e. The van der Waals surface area contributed by atoms with Crippen molar-refractivity contribution in [2.24, 2.45) is 5.92 Å². The van der Waals surface area contributed by atoms with Crippen LogP contribution in [0.3, 0.4) is 0 Å². The molecule has 6 nitrogen and oxygen atoms in total. The Hall–Kier alpha value is -0.690. The van der Waals surface area contributed by atoms with E-state index in [1.807, 2.05) is 0 Å². The first kappa shape index (κ1) is 12.3. The van der Waals surface area contributed by atoms with Gasteiger partial charge in [0.2, 0.25) is 0 Å². The first-order valence-corrected chi connectivity index (χ1v) is 6.42. The molecule has 6 heteroatoms. The number of carbonyl (C=O) groups is 1. The summed E-state index contributed by atoms with van der Waals surface area (Å²) in [4.78, 5) is 10.9. The Morgan fingerprint density at radius 2 is 1.72 bits per heavy atom. The minimum atomic E-state index is -0.832. The molecule has 3 aliphatic rings. The lowest BCUT2D eigenvalue weighted by molar-refractivity contribution is -0.295. The first-order valence-electron chi connectivity index (χ1n) is 6.42. The van der Waals surface area contributed by atoms with E-state index in [-0.39, 0.29) is 12.3 Å². The standard InChI is InChI=1S/C12H18O6/c13-10(14)7-9-1-2-11(15-3-4-16-11)8-12(9)17-5-6-18-12/h9H,1-8H2,(H,13,14). The number of hydrogen-bond acceptors (Lipinski definition) is 5. The van der Waals surface area contributed by atoms with E-state index in [2.05, 4.69) is 0 Å². The number of aliphatic carboxylic acids is 1. The molecule has 2 heterocycles. The highest BCUT2D eigenvalue weighted by molar-refractivity contribution is 5.67. The molecule has 2 aliphatic heterocycles. The third-order valence-electron chi connectivity index (χ3n) is 4.02. The van der Waals surface area contributed by atoms with E-state index in [0.717, 1.165) is 0 Å². The van der Waals surface area contributed by atoms with Gasteiger partial charge in [0.25, 0.3) is 0 Å². The largest absolute Gasteiger partial charge is 0.481 e. The van der Waals surface area contributed by atoms with Crippen molar-refractivity contribution >= 4 is 5.97 Å². The fourth-order valence-corrected chi connectivity index (χ4v) is 3.24. The second kappa shape index (κ2) is 4.45. The van der Waals surface area contributed by atoms with Crippen molar-refractivity contribution in [1.29, 1.82) is 0 Å². The van der Waals surface area contributed by atoms with Gasteiger partial charge in [-0.2, -0.15) is 0 Å². The van der Waals surface area contributed by atoms with Gasteiger partial charge < -0.3 is 24.1 Å². The molecule has 0 radical (unpaired) electrons. The molecule has 3 rings (SSSR count). The Morgan fingerprint density at radius 3 is 2.33 bits per heavy atom. The highest BCUT2D eigenvalue weighted by Gasteiger charge is 2.57. The average Bonchev–Trinajstić information content (AvgIpc) is 2.94. The van der Waals surface area contributed by atoms with Crippen LogP contribution < -0.4 is 0 Å². The summed E-state index contributed by atoms with van der Waals surface area (Å²) in [6.45, 7) is 2.18. The first-order chi connectivity index (χ1) is 8.64. The Labute approximate surface area is 105 Å². The lowest BCUT2D eigenvalue weighted by Gasteiger charge is -2.45. The van der Waals surface area contributed by atoms with E-state index in [9.17, 15) is 4.79 Å². The number of carboxylic acid groups (broad SMARTS) is 1. The second-order valence-electron chi connectivity index (χ2n) is 5.13. The van der Waals surface area contributed by atoms with Crippen LogP contribution in [0.15, 0.2) is 0 Å². The van der Waals surface area contributed by atoms with Crippen molar-refractivity contribution in [3.63, 3.8) is 0 Å². The van der Waals surface area contributed by atoms with Gasteiger partial charge in [-0.3, -0.25) is 4.79 Å². The van der Waals surface area contributed by atoms with Crippen molar-refractivity contribution in [3.8, 4) is 0 Å². The maximum absolute atomic E-state index is 10.9. The molecule has 2 spiro atoms. The Bertz CT molecular complexity index is 329. The normalized spacial score (nSPS) is 33.2. The molecule has 0 amide bonds. The summed E-state index contributed by atoms with van der Waals surface area (Å²) in [6.07, 6.45) is 1.93. The Kier molecular flexibility index (Phi) is 3.05. The van der Waals surface area contributed by atoms with Crippen molar-refractivity contribution in [2.75, 3.05) is 26.4 Å². The Morgan fingerprint density at radius 1 is 1.11 bits per heavy atom. The summed E-state index contributed by atoms with van der Waals surface area (Å²) in [5.74, 6) is -2.40. The molecule has 0 aromatic rings. The minimum absolute atomic E-state index is 0.0656. The van der Waals surface area contributed by atoms with Crippen LogP contribution in [0.2, 0.25) is 0 Å². The monoisotopic (exact) mass is 258 g/mol. The van der Waals surface area contributed by atoms with Crippen molar-refractivity contribution in [2.45, 2.75) is 37.3 Å². The van der Waals surface area contributed by atoms with E-state index in [1.165, 1.54) is 0 Å². The zero-order chi connectivity index (χ0) is 12.6. The SMILES string of the molecule is O=C(O)CC1CCC2(CC13OCCO3)OCCO2. The molecular formula is C12H18O6. The number of carboxylic acids is 1. The van der Waals surface area contributed by atoms with Crippen LogP contribution >= 0.6 is 0 Å². The van der Waals surface area contributed by atoms with Crippen LogP contribution in [0.4, 0.5) is 0 Å². The third-order valence-corrected chi connectivity index (χ3v) is 4.02. The molecule has 1 saturated carbocycles. The van der Waals surface area contributed by atoms with Gasteiger partial charge >= 0.3 is 5.97 Å². The van der Waals surface area contributed by atoms with Gasteiger partial charge in [-0.25, -0.2) is 0 Å². The van der Waals surface area contributed by atoms with E-state index >= 15 is 0 Å². The van der Waals surface area contributed by atoms with Crippen molar-refractivity contribution < 1.29 is 28.8 Å². The maximum Gasteiger partial charge on any atom is 0.303 e. The van der Waals surface area contributed by atoms with Gasteiger partial charge in [-0.1, -0.05) is 0 Å². The predicted octanol–water partition coefficient (Wildman–Crippen LogP) is 0.747. The quantitative estimate of drug-likeness (QED) is 0.787. The molecule has 3 fully saturated rings. The molecule has 2 saturated heterocycles. The van der Waals surface area contributed by atoms with Crippen LogP contribution in [0.25, 0.3) is 0 Å². The fourth-order valence-electron chi connectivity index (χ4n) is 3.24. The highest BCUT2D eigenvalue weighted by atomic mass is 16.8. The molecule has 1 atom stereocenters. The summed E-state index contributed by atoms with van der Waals surface area (Å²) >= 11 is 0. The van der Waals surface area contributed by atoms with Crippen LogP contribution in [0, 0.1) is 5.92 Å². The number of hydrogen-bond donors (Lipinski definition) is 1. The summed E-state index contributed by atoms with van der Waals surface area (Å²) in [6, 6.07) is 0. The number of ether oxygens (including phenoxy) is 4. The van der Waals surface area contributed by atoms with Crippen LogP contribution in [0.5, 0.6) is 0 Å². The van der Waals surface area contributed by atoms with Gasteiger partial charge in [-0.05, 0) is 6.42 Å². The summed E-state index contributed by atoms with van der Waals surface area (Å²) in [7, 11) is 0. The van der Waals surface area contributed by atoms with E-state index in [0.29, 0.717) is 45.7 Å². The molecule has 0 aromatic heterocycles. The third kappa shape index (κ3) is 2.03. The molecule has 1 aliphatic carbocycles. The molecule has 1 unspecified atom stereocenters. The molecule has 18 heavy (non-hydrogen) atoms. The molecule has 1 N–H and O–H groups in total.